The van der Waals surface area contributed by atoms with Crippen LogP contribution < -0.4 is 20.9 Å². The molecular weight excluding hydrogens is 485 g/mol. The molecule has 1 aliphatic heterocycles. The number of aromatic nitrogens is 4. The van der Waals surface area contributed by atoms with Crippen molar-refractivity contribution in [3.05, 3.63) is 65.0 Å². The Morgan fingerprint density at radius 1 is 1.14 bits per heavy atom. The van der Waals surface area contributed by atoms with Crippen LogP contribution in [0.25, 0.3) is 16.9 Å². The molecule has 35 heavy (non-hydrogen) atoms. The van der Waals surface area contributed by atoms with Crippen LogP contribution in [0.3, 0.4) is 0 Å². The summed E-state index contributed by atoms with van der Waals surface area (Å²) in [6, 6.07) is 8.90. The van der Waals surface area contributed by atoms with Crippen molar-refractivity contribution in [1.82, 2.24) is 19.3 Å². The topological polar surface area (TPSA) is 134 Å². The molecule has 1 aromatic carbocycles. The minimum Gasteiger partial charge on any atom is -0.475 e. The van der Waals surface area contributed by atoms with Crippen LogP contribution in [-0.4, -0.2) is 49.9 Å². The fourth-order valence-corrected chi connectivity index (χ4v) is 2.76. The number of halogens is 5. The lowest BCUT2D eigenvalue weighted by Crippen LogP contribution is -2.26. The summed E-state index contributed by atoms with van der Waals surface area (Å²) in [5.41, 5.74) is 6.33. The molecule has 15 heteroatoms. The summed E-state index contributed by atoms with van der Waals surface area (Å²) in [5.74, 6) is -1.44. The molecule has 0 radical (unpaired) electrons. The number of carboxylic acid groups (broad SMARTS) is 1. The van der Waals surface area contributed by atoms with Crippen molar-refractivity contribution in [3.63, 3.8) is 0 Å². The molecule has 4 rings (SSSR count). The molecule has 186 valence electrons. The second-order valence-corrected chi connectivity index (χ2v) is 6.78. The highest BCUT2D eigenvalue weighted by Crippen LogP contribution is 2.35. The lowest BCUT2D eigenvalue weighted by Gasteiger charge is -2.05. The molecule has 0 unspecified atom stereocenters. The quantitative estimate of drug-likeness (QED) is 0.510. The van der Waals surface area contributed by atoms with Gasteiger partial charge in [0.25, 0.3) is 6.08 Å². The van der Waals surface area contributed by atoms with E-state index in [4.69, 9.17) is 25.1 Å². The molecule has 10 nitrogen and oxygen atoms in total. The third-order valence-corrected chi connectivity index (χ3v) is 4.52. The number of alkyl halides is 3. The molecule has 0 spiro atoms. The van der Waals surface area contributed by atoms with Crippen molar-refractivity contribution >= 4 is 5.97 Å². The second-order valence-electron chi connectivity index (χ2n) is 6.78. The van der Waals surface area contributed by atoms with Crippen LogP contribution in [-0.2, 0) is 11.3 Å². The van der Waals surface area contributed by atoms with Crippen LogP contribution >= 0.6 is 0 Å². The number of rotatable bonds is 5. The lowest BCUT2D eigenvalue weighted by molar-refractivity contribution is -0.192. The minimum atomic E-state index is -5.08. The van der Waals surface area contributed by atoms with E-state index in [0.717, 1.165) is 10.2 Å². The maximum Gasteiger partial charge on any atom is 0.490 e. The fraction of sp³-hybridized carbons (Fsp3) is 0.200. The maximum atomic E-state index is 12.8. The smallest absolute Gasteiger partial charge is 0.475 e. The number of hydrogen-bond donors (Lipinski definition) is 2. The molecule has 0 fully saturated rings. The molecular formula is C20H16F5N5O5. The van der Waals surface area contributed by atoms with E-state index in [9.17, 15) is 26.7 Å². The summed E-state index contributed by atoms with van der Waals surface area (Å²) >= 11 is 0. The predicted octanol–water partition coefficient (Wildman–Crippen LogP) is 2.57. The first-order valence-electron chi connectivity index (χ1n) is 9.55. The van der Waals surface area contributed by atoms with E-state index < -0.39 is 23.9 Å². The van der Waals surface area contributed by atoms with E-state index in [-0.39, 0.29) is 25.5 Å². The predicted molar refractivity (Wildman–Crippen MR) is 109 cm³/mol. The molecule has 1 aliphatic rings. The highest BCUT2D eigenvalue weighted by atomic mass is 19.4. The van der Waals surface area contributed by atoms with Crippen molar-refractivity contribution in [3.8, 4) is 28.4 Å². The van der Waals surface area contributed by atoms with Gasteiger partial charge in [0.1, 0.15) is 6.33 Å². The number of benzene rings is 1. The Balaban J connectivity index is 0.000000429. The SMILES string of the molecule is NCC(Cn1ncn(-c2ccc(-c3ccc4c(c3)OCO4)nc2)c1=O)=C(F)F.O=C(O)C(F)(F)F. The number of nitrogens with zero attached hydrogens (tertiary/aromatic N) is 4. The number of hydrogen-bond acceptors (Lipinski definition) is 7. The Hall–Kier alpha value is -4.27. The highest BCUT2D eigenvalue weighted by Gasteiger charge is 2.38. The normalized spacial score (nSPS) is 12.1. The third kappa shape index (κ3) is 6.00. The van der Waals surface area contributed by atoms with Gasteiger partial charge in [-0.3, -0.25) is 4.98 Å². The van der Waals surface area contributed by atoms with Gasteiger partial charge in [0.05, 0.1) is 24.1 Å². The number of aliphatic carboxylic acids is 1. The standard InChI is InChI=1S/C18H15F2N5O3.C2HF3O2/c19-17(20)12(6-21)8-25-18(26)24(9-23-25)13-2-3-14(22-7-13)11-1-4-15-16(5-11)28-10-27-15;3-2(4,5)1(6)7/h1-5,7,9H,6,8,10,21H2;(H,6,7). The number of nitrogens with two attached hydrogens (primary N) is 1. The molecule has 0 atom stereocenters. The number of carbonyl (C=O) groups is 1. The highest BCUT2D eigenvalue weighted by molar-refractivity contribution is 5.73. The van der Waals surface area contributed by atoms with E-state index in [2.05, 4.69) is 10.1 Å². The largest absolute Gasteiger partial charge is 0.490 e. The zero-order valence-corrected chi connectivity index (χ0v) is 17.5. The van der Waals surface area contributed by atoms with Crippen LogP contribution in [0.4, 0.5) is 22.0 Å². The zero-order chi connectivity index (χ0) is 25.8. The zero-order valence-electron chi connectivity index (χ0n) is 17.5. The Morgan fingerprint density at radius 2 is 1.83 bits per heavy atom. The minimum absolute atomic E-state index is 0.186. The Labute approximate surface area is 192 Å². The number of carboxylic acids is 1. The molecule has 0 bridgehead atoms. The first kappa shape index (κ1) is 25.4. The lowest BCUT2D eigenvalue weighted by atomic mass is 10.1. The molecule has 3 aromatic rings. The van der Waals surface area contributed by atoms with Gasteiger partial charge in [-0.1, -0.05) is 0 Å². The van der Waals surface area contributed by atoms with E-state index >= 15 is 0 Å². The number of ether oxygens (including phenoxy) is 2. The summed E-state index contributed by atoms with van der Waals surface area (Å²) < 4.78 is 70.0. The van der Waals surface area contributed by atoms with Gasteiger partial charge in [0.15, 0.2) is 11.5 Å². The van der Waals surface area contributed by atoms with Crippen LogP contribution in [0, 0.1) is 0 Å². The van der Waals surface area contributed by atoms with Crippen LogP contribution in [0.1, 0.15) is 0 Å². The van der Waals surface area contributed by atoms with E-state index in [1.54, 1.807) is 18.2 Å². The van der Waals surface area contributed by atoms with Gasteiger partial charge in [-0.05, 0) is 30.3 Å². The van der Waals surface area contributed by atoms with E-state index in [1.807, 2.05) is 12.1 Å². The summed E-state index contributed by atoms with van der Waals surface area (Å²) in [4.78, 5) is 25.7. The molecule has 0 saturated heterocycles. The number of fused-ring (bicyclic) bond motifs is 1. The van der Waals surface area contributed by atoms with Gasteiger partial charge in [0.2, 0.25) is 6.79 Å². The molecule has 2 aromatic heterocycles. The number of pyridine rings is 1. The average molecular weight is 501 g/mol. The molecule has 0 amide bonds. The van der Waals surface area contributed by atoms with Crippen molar-refractivity contribution in [2.45, 2.75) is 12.7 Å². The maximum absolute atomic E-state index is 12.8. The second kappa shape index (κ2) is 10.3. The third-order valence-electron chi connectivity index (χ3n) is 4.52. The van der Waals surface area contributed by atoms with Crippen LogP contribution in [0.15, 0.2) is 59.3 Å². The molecule has 0 aliphatic carbocycles. The van der Waals surface area contributed by atoms with E-state index in [0.29, 0.717) is 22.9 Å². The fourth-order valence-electron chi connectivity index (χ4n) is 2.76. The van der Waals surface area contributed by atoms with Gasteiger partial charge >= 0.3 is 17.8 Å². The van der Waals surface area contributed by atoms with Crippen molar-refractivity contribution in [2.24, 2.45) is 5.73 Å². The summed E-state index contributed by atoms with van der Waals surface area (Å²) in [5, 5.41) is 11.0. The molecule has 0 saturated carbocycles. The van der Waals surface area contributed by atoms with Gasteiger partial charge in [-0.25, -0.2) is 18.8 Å². The molecule has 3 heterocycles. The monoisotopic (exact) mass is 501 g/mol. The average Bonchev–Trinajstić information content (AvgIpc) is 3.43. The van der Waals surface area contributed by atoms with Crippen molar-refractivity contribution in [2.75, 3.05) is 13.3 Å². The first-order valence-corrected chi connectivity index (χ1v) is 9.55. The van der Waals surface area contributed by atoms with Crippen LogP contribution in [0.2, 0.25) is 0 Å². The van der Waals surface area contributed by atoms with Crippen molar-refractivity contribution in [1.29, 1.82) is 0 Å². The summed E-state index contributed by atoms with van der Waals surface area (Å²) in [6.45, 7) is -0.535. The van der Waals surface area contributed by atoms with Crippen LogP contribution in [0.5, 0.6) is 11.5 Å². The Kier molecular flexibility index (Phi) is 7.49. The van der Waals surface area contributed by atoms with Gasteiger partial charge in [-0.15, -0.1) is 0 Å². The Morgan fingerprint density at radius 3 is 2.40 bits per heavy atom. The first-order chi connectivity index (χ1) is 16.5. The van der Waals surface area contributed by atoms with Gasteiger partial charge in [-0.2, -0.15) is 27.1 Å². The summed E-state index contributed by atoms with van der Waals surface area (Å²) in [7, 11) is 0. The van der Waals surface area contributed by atoms with Gasteiger partial charge in [0, 0.05) is 17.7 Å². The van der Waals surface area contributed by atoms with Gasteiger partial charge < -0.3 is 20.3 Å². The van der Waals surface area contributed by atoms with Crippen molar-refractivity contribution < 1.29 is 41.3 Å². The summed E-state index contributed by atoms with van der Waals surface area (Å²) in [6.07, 6.45) is -4.23. The Bertz CT molecular complexity index is 1300. The molecule has 3 N–H and O–H groups in total. The van der Waals surface area contributed by atoms with E-state index in [1.165, 1.54) is 17.1 Å².